The van der Waals surface area contributed by atoms with Gasteiger partial charge in [0.25, 0.3) is 5.91 Å². The lowest BCUT2D eigenvalue weighted by Crippen LogP contribution is -2.35. The molecule has 6 heteroatoms. The monoisotopic (exact) mass is 330 g/mol. The van der Waals surface area contributed by atoms with Crippen LogP contribution in [0.15, 0.2) is 18.2 Å². The van der Waals surface area contributed by atoms with Gasteiger partial charge in [-0.05, 0) is 30.9 Å². The van der Waals surface area contributed by atoms with Crippen molar-refractivity contribution in [2.45, 2.75) is 6.92 Å². The Kier molecular flexibility index (Phi) is 5.36. The number of nitrogens with zero attached hydrogens (tertiary/aromatic N) is 1. The van der Waals surface area contributed by atoms with Gasteiger partial charge in [0, 0.05) is 36.8 Å². The van der Waals surface area contributed by atoms with Crippen LogP contribution in [0.1, 0.15) is 5.56 Å². The summed E-state index contributed by atoms with van der Waals surface area (Å²) in [6, 6.07) is 5.50. The van der Waals surface area contributed by atoms with Crippen LogP contribution in [-0.4, -0.2) is 43.6 Å². The number of likely N-dealkylation sites (tertiary alicyclic amines) is 1. The van der Waals surface area contributed by atoms with Gasteiger partial charge in [-0.3, -0.25) is 4.79 Å². The number of halogens is 2. The molecule has 2 fully saturated rings. The van der Waals surface area contributed by atoms with E-state index in [1.807, 2.05) is 30.0 Å². The summed E-state index contributed by atoms with van der Waals surface area (Å²) in [6.45, 7) is 5.76. The summed E-state index contributed by atoms with van der Waals surface area (Å²) in [5.74, 6) is 1.99. The fraction of sp³-hybridized carbons (Fsp3) is 0.533. The van der Waals surface area contributed by atoms with Crippen molar-refractivity contribution in [3.8, 4) is 5.75 Å². The van der Waals surface area contributed by atoms with E-state index >= 15 is 0 Å². The minimum absolute atomic E-state index is 0. The lowest BCUT2D eigenvalue weighted by Gasteiger charge is -2.18. The number of hydrogen-bond acceptors (Lipinski definition) is 3. The summed E-state index contributed by atoms with van der Waals surface area (Å²) >= 11 is 6.04. The van der Waals surface area contributed by atoms with Crippen molar-refractivity contribution in [3.05, 3.63) is 28.8 Å². The third-order valence-corrected chi connectivity index (χ3v) is 4.72. The lowest BCUT2D eigenvalue weighted by molar-refractivity contribution is -0.132. The molecule has 0 radical (unpaired) electrons. The van der Waals surface area contributed by atoms with Gasteiger partial charge >= 0.3 is 0 Å². The van der Waals surface area contributed by atoms with Crippen molar-refractivity contribution in [2.24, 2.45) is 11.8 Å². The fourth-order valence-electron chi connectivity index (χ4n) is 3.03. The van der Waals surface area contributed by atoms with Crippen molar-refractivity contribution < 1.29 is 9.53 Å². The van der Waals surface area contributed by atoms with Crippen LogP contribution in [0.5, 0.6) is 5.75 Å². The molecule has 2 saturated heterocycles. The van der Waals surface area contributed by atoms with Crippen LogP contribution in [0, 0.1) is 18.8 Å². The highest BCUT2D eigenvalue weighted by molar-refractivity contribution is 6.31. The molecule has 1 aromatic rings. The molecule has 2 aliphatic heterocycles. The van der Waals surface area contributed by atoms with E-state index in [0.29, 0.717) is 22.6 Å². The van der Waals surface area contributed by atoms with Gasteiger partial charge in [0.05, 0.1) is 0 Å². The number of carbonyl (C=O) groups is 1. The SMILES string of the molecule is Cc1c(Cl)cccc1OCC(=O)N1C[C@H]2CNC[C@H]2C1.Cl. The van der Waals surface area contributed by atoms with Gasteiger partial charge in [-0.25, -0.2) is 0 Å². The van der Waals surface area contributed by atoms with E-state index in [4.69, 9.17) is 16.3 Å². The predicted octanol–water partition coefficient (Wildman–Crippen LogP) is 2.13. The first-order valence-corrected chi connectivity index (χ1v) is 7.39. The molecule has 21 heavy (non-hydrogen) atoms. The molecule has 1 N–H and O–H groups in total. The van der Waals surface area contributed by atoms with Crippen LogP contribution in [0.3, 0.4) is 0 Å². The second-order valence-corrected chi connectivity index (χ2v) is 6.04. The maximum absolute atomic E-state index is 12.2. The molecule has 0 saturated carbocycles. The van der Waals surface area contributed by atoms with E-state index in [9.17, 15) is 4.79 Å². The quantitative estimate of drug-likeness (QED) is 0.923. The van der Waals surface area contributed by atoms with E-state index < -0.39 is 0 Å². The zero-order chi connectivity index (χ0) is 14.1. The molecular formula is C15H20Cl2N2O2. The lowest BCUT2D eigenvalue weighted by atomic mass is 10.0. The molecule has 2 heterocycles. The minimum atomic E-state index is 0. The van der Waals surface area contributed by atoms with Gasteiger partial charge in [0.2, 0.25) is 0 Å². The number of fused-ring (bicyclic) bond motifs is 1. The number of amides is 1. The fourth-order valence-corrected chi connectivity index (χ4v) is 3.20. The van der Waals surface area contributed by atoms with E-state index in [-0.39, 0.29) is 24.9 Å². The largest absolute Gasteiger partial charge is 0.483 e. The topological polar surface area (TPSA) is 41.6 Å². The normalized spacial score (nSPS) is 23.6. The van der Waals surface area contributed by atoms with E-state index in [1.165, 1.54) is 0 Å². The van der Waals surface area contributed by atoms with Gasteiger partial charge in [-0.15, -0.1) is 12.4 Å². The van der Waals surface area contributed by atoms with Crippen LogP contribution < -0.4 is 10.1 Å². The number of benzene rings is 1. The minimum Gasteiger partial charge on any atom is -0.483 e. The van der Waals surface area contributed by atoms with E-state index in [2.05, 4.69) is 5.32 Å². The van der Waals surface area contributed by atoms with Crippen molar-refractivity contribution in [2.75, 3.05) is 32.8 Å². The first-order chi connectivity index (χ1) is 9.65. The van der Waals surface area contributed by atoms with Crippen LogP contribution in [0.2, 0.25) is 5.02 Å². The molecule has 4 nitrogen and oxygen atoms in total. The average Bonchev–Trinajstić information content (AvgIpc) is 3.01. The molecule has 0 aromatic heterocycles. The van der Waals surface area contributed by atoms with Gasteiger partial charge in [-0.2, -0.15) is 0 Å². The average molecular weight is 331 g/mol. The highest BCUT2D eigenvalue weighted by Crippen LogP contribution is 2.27. The zero-order valence-electron chi connectivity index (χ0n) is 12.0. The maximum atomic E-state index is 12.2. The number of ether oxygens (including phenoxy) is 1. The Hall–Kier alpha value is -0.970. The summed E-state index contributed by atoms with van der Waals surface area (Å²) in [7, 11) is 0. The van der Waals surface area contributed by atoms with Crippen LogP contribution in [0.25, 0.3) is 0 Å². The summed E-state index contributed by atoms with van der Waals surface area (Å²) in [6.07, 6.45) is 0. The first kappa shape index (κ1) is 16.4. The van der Waals surface area contributed by atoms with Gasteiger partial charge in [0.15, 0.2) is 6.61 Å². The van der Waals surface area contributed by atoms with Gasteiger partial charge in [0.1, 0.15) is 5.75 Å². The summed E-state index contributed by atoms with van der Waals surface area (Å²) in [4.78, 5) is 14.1. The second-order valence-electron chi connectivity index (χ2n) is 5.63. The molecule has 2 aliphatic rings. The summed E-state index contributed by atoms with van der Waals surface area (Å²) in [5.41, 5.74) is 0.879. The van der Waals surface area contributed by atoms with Crippen molar-refractivity contribution >= 4 is 29.9 Å². The number of nitrogens with one attached hydrogen (secondary N) is 1. The standard InChI is InChI=1S/C15H19ClN2O2.ClH/c1-10-13(16)3-2-4-14(10)20-9-15(19)18-7-11-5-17-6-12(11)8-18;/h2-4,11-12,17H,5-9H2,1H3;1H/t11-,12+;. The maximum Gasteiger partial charge on any atom is 0.260 e. The second kappa shape index (κ2) is 6.86. The van der Waals surface area contributed by atoms with Crippen LogP contribution >= 0.6 is 24.0 Å². The van der Waals surface area contributed by atoms with Crippen molar-refractivity contribution in [1.29, 1.82) is 0 Å². The molecular weight excluding hydrogens is 311 g/mol. The molecule has 0 unspecified atom stereocenters. The molecule has 1 aromatic carbocycles. The summed E-state index contributed by atoms with van der Waals surface area (Å²) < 4.78 is 5.62. The molecule has 116 valence electrons. The van der Waals surface area contributed by atoms with Crippen molar-refractivity contribution in [3.63, 3.8) is 0 Å². The Balaban J connectivity index is 0.00000161. The molecule has 0 spiro atoms. The first-order valence-electron chi connectivity index (χ1n) is 7.01. The Labute approximate surface area is 136 Å². The zero-order valence-corrected chi connectivity index (χ0v) is 13.5. The summed E-state index contributed by atoms with van der Waals surface area (Å²) in [5, 5.41) is 4.04. The van der Waals surface area contributed by atoms with Gasteiger partial charge in [-0.1, -0.05) is 17.7 Å². The number of rotatable bonds is 3. The molecule has 3 rings (SSSR count). The predicted molar refractivity (Wildman–Crippen MR) is 85.4 cm³/mol. The Bertz CT molecular complexity index is 512. The van der Waals surface area contributed by atoms with E-state index in [0.717, 1.165) is 31.7 Å². The van der Waals surface area contributed by atoms with E-state index in [1.54, 1.807) is 0 Å². The van der Waals surface area contributed by atoms with Crippen LogP contribution in [0.4, 0.5) is 0 Å². The third-order valence-electron chi connectivity index (χ3n) is 4.31. The number of carbonyl (C=O) groups excluding carboxylic acids is 1. The van der Waals surface area contributed by atoms with Gasteiger partial charge < -0.3 is 15.0 Å². The van der Waals surface area contributed by atoms with Crippen molar-refractivity contribution in [1.82, 2.24) is 10.2 Å². The third kappa shape index (κ3) is 3.44. The molecule has 0 bridgehead atoms. The van der Waals surface area contributed by atoms with Crippen LogP contribution in [-0.2, 0) is 4.79 Å². The highest BCUT2D eigenvalue weighted by atomic mass is 35.5. The highest BCUT2D eigenvalue weighted by Gasteiger charge is 2.37. The Morgan fingerprint density at radius 1 is 1.38 bits per heavy atom. The smallest absolute Gasteiger partial charge is 0.260 e. The Morgan fingerprint density at radius 2 is 2.05 bits per heavy atom. The molecule has 1 amide bonds. The Morgan fingerprint density at radius 3 is 2.71 bits per heavy atom. The molecule has 2 atom stereocenters. The molecule has 0 aliphatic carbocycles. The number of hydrogen-bond donors (Lipinski definition) is 1.